The van der Waals surface area contributed by atoms with Gasteiger partial charge in [0.2, 0.25) is 0 Å². The van der Waals surface area contributed by atoms with Crippen molar-refractivity contribution in [1.29, 1.82) is 0 Å². The number of H-pyrrole nitrogens is 1. The Kier molecular flexibility index (Phi) is 2.74. The maximum atomic E-state index is 6.15. The van der Waals surface area contributed by atoms with Crippen LogP contribution in [0.25, 0.3) is 11.0 Å². The molecule has 1 atom stereocenters. The van der Waals surface area contributed by atoms with Gasteiger partial charge in [0.1, 0.15) is 5.82 Å². The maximum Gasteiger partial charge on any atom is 0.128 e. The van der Waals surface area contributed by atoms with Gasteiger partial charge in [-0.15, -0.1) is 0 Å². The Bertz CT molecular complexity index is 678. The van der Waals surface area contributed by atoms with Crippen LogP contribution in [0.5, 0.6) is 0 Å². The fourth-order valence-corrected chi connectivity index (χ4v) is 2.03. The normalized spacial score (nSPS) is 12.8. The number of aromatic amines is 1. The van der Waals surface area contributed by atoms with Crippen molar-refractivity contribution in [2.45, 2.75) is 6.04 Å². The summed E-state index contributed by atoms with van der Waals surface area (Å²) < 4.78 is 0. The van der Waals surface area contributed by atoms with Crippen molar-refractivity contribution in [2.24, 2.45) is 5.73 Å². The number of hydrogen-bond acceptors (Lipinski definition) is 3. The van der Waals surface area contributed by atoms with E-state index in [1.807, 2.05) is 30.3 Å². The topological polar surface area (TPSA) is 67.6 Å². The van der Waals surface area contributed by atoms with E-state index < -0.39 is 0 Å². The molecule has 90 valence electrons. The second-order valence-corrected chi connectivity index (χ2v) is 4.48. The second-order valence-electron chi connectivity index (χ2n) is 4.05. The summed E-state index contributed by atoms with van der Waals surface area (Å²) in [5.41, 5.74) is 8.81. The molecular weight excluding hydrogens is 248 g/mol. The van der Waals surface area contributed by atoms with Crippen molar-refractivity contribution in [1.82, 2.24) is 15.0 Å². The van der Waals surface area contributed by atoms with Crippen LogP contribution in [-0.2, 0) is 0 Å². The Morgan fingerprint density at radius 2 is 2.17 bits per heavy atom. The minimum atomic E-state index is -0.315. The van der Waals surface area contributed by atoms with E-state index in [9.17, 15) is 0 Å². The van der Waals surface area contributed by atoms with E-state index in [4.69, 9.17) is 17.3 Å². The first-order valence-electron chi connectivity index (χ1n) is 5.55. The molecule has 3 rings (SSSR count). The van der Waals surface area contributed by atoms with Crippen LogP contribution in [0.3, 0.4) is 0 Å². The molecule has 0 fully saturated rings. The fraction of sp³-hybridized carbons (Fsp3) is 0.0769. The number of nitrogens with zero attached hydrogens (tertiary/aromatic N) is 2. The minimum Gasteiger partial charge on any atom is -0.340 e. The number of rotatable bonds is 2. The van der Waals surface area contributed by atoms with E-state index in [-0.39, 0.29) is 6.04 Å². The Morgan fingerprint density at radius 3 is 2.94 bits per heavy atom. The number of benzene rings is 1. The Labute approximate surface area is 109 Å². The molecule has 5 heteroatoms. The lowest BCUT2D eigenvalue weighted by Gasteiger charge is -2.07. The van der Waals surface area contributed by atoms with E-state index in [0.717, 1.165) is 16.6 Å². The van der Waals surface area contributed by atoms with E-state index in [1.165, 1.54) is 0 Å². The number of pyridine rings is 1. The Hall–Kier alpha value is -1.91. The quantitative estimate of drug-likeness (QED) is 0.743. The highest BCUT2D eigenvalue weighted by Gasteiger charge is 2.13. The SMILES string of the molecule is NC(c1cccnc1)c1nc2cc(Cl)ccc2[nH]1. The lowest BCUT2D eigenvalue weighted by molar-refractivity contribution is 0.800. The van der Waals surface area contributed by atoms with Crippen LogP contribution >= 0.6 is 11.6 Å². The van der Waals surface area contributed by atoms with Crippen molar-refractivity contribution in [3.05, 3.63) is 59.1 Å². The molecule has 0 bridgehead atoms. The zero-order chi connectivity index (χ0) is 12.5. The summed E-state index contributed by atoms with van der Waals surface area (Å²) >= 11 is 5.93. The third kappa shape index (κ3) is 1.96. The second kappa shape index (κ2) is 4.40. The fourth-order valence-electron chi connectivity index (χ4n) is 1.86. The van der Waals surface area contributed by atoms with Gasteiger partial charge in [-0.2, -0.15) is 0 Å². The molecule has 0 aliphatic rings. The molecule has 0 spiro atoms. The van der Waals surface area contributed by atoms with Crippen LogP contribution < -0.4 is 5.73 Å². The van der Waals surface area contributed by atoms with Gasteiger partial charge in [-0.25, -0.2) is 4.98 Å². The number of hydrogen-bond donors (Lipinski definition) is 2. The first-order chi connectivity index (χ1) is 8.74. The zero-order valence-electron chi connectivity index (χ0n) is 9.47. The standard InChI is InChI=1S/C13H11ClN4/c14-9-3-4-10-11(6-9)18-13(17-10)12(15)8-2-1-5-16-7-8/h1-7,12H,15H2,(H,17,18). The molecule has 2 aromatic heterocycles. The Morgan fingerprint density at radius 1 is 1.28 bits per heavy atom. The third-order valence-corrected chi connectivity index (χ3v) is 3.04. The summed E-state index contributed by atoms with van der Waals surface area (Å²) in [6, 6.07) is 9.00. The molecule has 0 aliphatic carbocycles. The van der Waals surface area contributed by atoms with Crippen LogP contribution in [0.15, 0.2) is 42.7 Å². The molecule has 1 aromatic carbocycles. The van der Waals surface area contributed by atoms with Crippen molar-refractivity contribution in [2.75, 3.05) is 0 Å². The highest BCUT2D eigenvalue weighted by atomic mass is 35.5. The smallest absolute Gasteiger partial charge is 0.128 e. The van der Waals surface area contributed by atoms with Gasteiger partial charge < -0.3 is 10.7 Å². The monoisotopic (exact) mass is 258 g/mol. The molecule has 0 saturated carbocycles. The minimum absolute atomic E-state index is 0.315. The van der Waals surface area contributed by atoms with Crippen molar-refractivity contribution >= 4 is 22.6 Å². The highest BCUT2D eigenvalue weighted by Crippen LogP contribution is 2.21. The van der Waals surface area contributed by atoms with Crippen LogP contribution in [0.2, 0.25) is 5.02 Å². The van der Waals surface area contributed by atoms with Crippen molar-refractivity contribution < 1.29 is 0 Å². The first kappa shape index (κ1) is 11.2. The lowest BCUT2D eigenvalue weighted by Crippen LogP contribution is -2.13. The van der Waals surface area contributed by atoms with Gasteiger partial charge >= 0.3 is 0 Å². The number of fused-ring (bicyclic) bond motifs is 1. The average molecular weight is 259 g/mol. The summed E-state index contributed by atoms with van der Waals surface area (Å²) in [4.78, 5) is 11.7. The molecule has 1 unspecified atom stereocenters. The molecule has 0 radical (unpaired) electrons. The molecule has 3 aromatic rings. The Balaban J connectivity index is 2.04. The van der Waals surface area contributed by atoms with Crippen LogP contribution in [0.4, 0.5) is 0 Å². The van der Waals surface area contributed by atoms with Gasteiger partial charge in [0.25, 0.3) is 0 Å². The summed E-state index contributed by atoms with van der Waals surface area (Å²) in [7, 11) is 0. The van der Waals surface area contributed by atoms with Crippen molar-refractivity contribution in [3.63, 3.8) is 0 Å². The molecule has 0 aliphatic heterocycles. The van der Waals surface area contributed by atoms with E-state index in [2.05, 4.69) is 15.0 Å². The zero-order valence-corrected chi connectivity index (χ0v) is 10.2. The molecule has 0 saturated heterocycles. The van der Waals surface area contributed by atoms with Gasteiger partial charge in [-0.3, -0.25) is 4.98 Å². The molecule has 18 heavy (non-hydrogen) atoms. The van der Waals surface area contributed by atoms with Crippen molar-refractivity contribution in [3.8, 4) is 0 Å². The molecule has 2 heterocycles. The van der Waals surface area contributed by atoms with Gasteiger partial charge in [0, 0.05) is 17.4 Å². The van der Waals surface area contributed by atoms with E-state index in [0.29, 0.717) is 10.8 Å². The third-order valence-electron chi connectivity index (χ3n) is 2.80. The summed E-state index contributed by atoms with van der Waals surface area (Å²) in [6.07, 6.45) is 3.46. The predicted octanol–water partition coefficient (Wildman–Crippen LogP) is 2.66. The van der Waals surface area contributed by atoms with Gasteiger partial charge in [0.05, 0.1) is 17.1 Å². The number of imidazole rings is 1. The maximum absolute atomic E-state index is 6.15. The van der Waals surface area contributed by atoms with Crippen LogP contribution in [0, 0.1) is 0 Å². The largest absolute Gasteiger partial charge is 0.340 e. The first-order valence-corrected chi connectivity index (χ1v) is 5.92. The predicted molar refractivity (Wildman–Crippen MR) is 71.4 cm³/mol. The van der Waals surface area contributed by atoms with E-state index >= 15 is 0 Å². The number of halogens is 1. The van der Waals surface area contributed by atoms with Crippen LogP contribution in [-0.4, -0.2) is 15.0 Å². The van der Waals surface area contributed by atoms with Gasteiger partial charge in [-0.1, -0.05) is 17.7 Å². The number of aromatic nitrogens is 3. The number of nitrogens with two attached hydrogens (primary N) is 1. The number of nitrogens with one attached hydrogen (secondary N) is 1. The molecule has 0 amide bonds. The molecule has 3 N–H and O–H groups in total. The summed E-state index contributed by atoms with van der Waals surface area (Å²) in [6.45, 7) is 0. The average Bonchev–Trinajstić information content (AvgIpc) is 2.81. The van der Waals surface area contributed by atoms with Gasteiger partial charge in [-0.05, 0) is 29.8 Å². The van der Waals surface area contributed by atoms with E-state index in [1.54, 1.807) is 12.4 Å². The summed E-state index contributed by atoms with van der Waals surface area (Å²) in [5, 5.41) is 0.662. The van der Waals surface area contributed by atoms with Crippen LogP contribution in [0.1, 0.15) is 17.4 Å². The van der Waals surface area contributed by atoms with Gasteiger partial charge in [0.15, 0.2) is 0 Å². The summed E-state index contributed by atoms with van der Waals surface area (Å²) in [5.74, 6) is 0.709. The molecule has 4 nitrogen and oxygen atoms in total. The highest BCUT2D eigenvalue weighted by molar-refractivity contribution is 6.31. The lowest BCUT2D eigenvalue weighted by atomic mass is 10.1. The molecular formula is C13H11ClN4.